The number of hydrogen-bond donors (Lipinski definition) is 1. The molecule has 0 amide bonds. The predicted octanol–water partition coefficient (Wildman–Crippen LogP) is 1.72. The molecule has 2 unspecified atom stereocenters. The van der Waals surface area contributed by atoms with E-state index in [2.05, 4.69) is 30.9 Å². The first-order chi connectivity index (χ1) is 9.13. The summed E-state index contributed by atoms with van der Waals surface area (Å²) in [5.74, 6) is 0.916. The highest BCUT2D eigenvalue weighted by Crippen LogP contribution is 2.32. The van der Waals surface area contributed by atoms with Gasteiger partial charge in [-0.1, -0.05) is 17.7 Å². The average molecular weight is 264 g/mol. The molecule has 1 aromatic rings. The monoisotopic (exact) mass is 264 g/mol. The van der Waals surface area contributed by atoms with E-state index in [1.807, 2.05) is 6.07 Å². The molecule has 1 aliphatic rings. The number of methoxy groups -OCH3 is 1. The third-order valence-electron chi connectivity index (χ3n) is 3.64. The summed E-state index contributed by atoms with van der Waals surface area (Å²) in [7, 11) is 1.71. The summed E-state index contributed by atoms with van der Waals surface area (Å²) in [6.07, 6.45) is 0. The van der Waals surface area contributed by atoms with Crippen LogP contribution in [0.3, 0.4) is 0 Å². The van der Waals surface area contributed by atoms with Gasteiger partial charge in [0.15, 0.2) is 0 Å². The lowest BCUT2D eigenvalue weighted by atomic mass is 9.96. The van der Waals surface area contributed by atoms with Crippen molar-refractivity contribution in [2.45, 2.75) is 25.9 Å². The molecule has 19 heavy (non-hydrogen) atoms. The number of rotatable bonds is 4. The summed E-state index contributed by atoms with van der Waals surface area (Å²) in [4.78, 5) is 2.39. The van der Waals surface area contributed by atoms with Crippen molar-refractivity contribution in [3.8, 4) is 5.75 Å². The zero-order valence-electron chi connectivity index (χ0n) is 12.1. The highest BCUT2D eigenvalue weighted by atomic mass is 16.5. The maximum absolute atomic E-state index is 6.24. The Kier molecular flexibility index (Phi) is 4.80. The van der Waals surface area contributed by atoms with Crippen molar-refractivity contribution in [2.24, 2.45) is 5.73 Å². The standard InChI is InChI=1S/C15H24N2O2/c1-11-4-5-14(18-3)13(10-11)15(12(2)16)17-6-8-19-9-7-17/h4-5,10,12,15H,6-9,16H2,1-3H3. The Morgan fingerprint density at radius 3 is 2.58 bits per heavy atom. The van der Waals surface area contributed by atoms with Crippen molar-refractivity contribution in [2.75, 3.05) is 33.4 Å². The fourth-order valence-corrected chi connectivity index (χ4v) is 2.75. The maximum Gasteiger partial charge on any atom is 0.123 e. The Morgan fingerprint density at radius 1 is 1.32 bits per heavy atom. The van der Waals surface area contributed by atoms with Crippen molar-refractivity contribution in [3.63, 3.8) is 0 Å². The Morgan fingerprint density at radius 2 is 2.00 bits per heavy atom. The van der Waals surface area contributed by atoms with Gasteiger partial charge >= 0.3 is 0 Å². The second kappa shape index (κ2) is 6.37. The van der Waals surface area contributed by atoms with Crippen LogP contribution in [0.2, 0.25) is 0 Å². The van der Waals surface area contributed by atoms with Crippen LogP contribution in [-0.4, -0.2) is 44.4 Å². The van der Waals surface area contributed by atoms with Gasteiger partial charge in [0.1, 0.15) is 5.75 Å². The van der Waals surface area contributed by atoms with E-state index in [9.17, 15) is 0 Å². The Labute approximate surface area is 115 Å². The normalized spacial score (nSPS) is 20.0. The van der Waals surface area contributed by atoms with E-state index >= 15 is 0 Å². The van der Waals surface area contributed by atoms with Crippen molar-refractivity contribution < 1.29 is 9.47 Å². The molecule has 0 aliphatic carbocycles. The summed E-state index contributed by atoms with van der Waals surface area (Å²) in [5.41, 5.74) is 8.65. The molecule has 0 saturated carbocycles. The van der Waals surface area contributed by atoms with Crippen molar-refractivity contribution in [3.05, 3.63) is 29.3 Å². The van der Waals surface area contributed by atoms with Crippen molar-refractivity contribution in [1.82, 2.24) is 4.90 Å². The smallest absolute Gasteiger partial charge is 0.123 e. The lowest BCUT2D eigenvalue weighted by molar-refractivity contribution is 0.0111. The van der Waals surface area contributed by atoms with Gasteiger partial charge in [-0.25, -0.2) is 0 Å². The van der Waals surface area contributed by atoms with Crippen LogP contribution < -0.4 is 10.5 Å². The number of aryl methyl sites for hydroxylation is 1. The van der Waals surface area contributed by atoms with Gasteiger partial charge in [0.05, 0.1) is 26.4 Å². The van der Waals surface area contributed by atoms with Crippen LogP contribution in [0.15, 0.2) is 18.2 Å². The van der Waals surface area contributed by atoms with Gasteiger partial charge in [0, 0.05) is 24.7 Å². The molecular weight excluding hydrogens is 240 g/mol. The molecule has 4 heteroatoms. The number of hydrogen-bond acceptors (Lipinski definition) is 4. The number of nitrogens with zero attached hydrogens (tertiary/aromatic N) is 1. The first-order valence-electron chi connectivity index (χ1n) is 6.85. The third kappa shape index (κ3) is 3.26. The Hall–Kier alpha value is -1.10. The minimum absolute atomic E-state index is 0.0498. The van der Waals surface area contributed by atoms with Crippen molar-refractivity contribution >= 4 is 0 Å². The zero-order chi connectivity index (χ0) is 13.8. The molecule has 1 saturated heterocycles. The first-order valence-corrected chi connectivity index (χ1v) is 6.85. The molecule has 1 aromatic carbocycles. The van der Waals surface area contributed by atoms with Gasteiger partial charge in [0.25, 0.3) is 0 Å². The van der Waals surface area contributed by atoms with Gasteiger partial charge in [-0.05, 0) is 19.9 Å². The van der Waals surface area contributed by atoms with E-state index in [1.54, 1.807) is 7.11 Å². The molecule has 1 heterocycles. The van der Waals surface area contributed by atoms with E-state index in [4.69, 9.17) is 15.2 Å². The average Bonchev–Trinajstić information content (AvgIpc) is 2.40. The molecular formula is C15H24N2O2. The maximum atomic E-state index is 6.24. The highest BCUT2D eigenvalue weighted by Gasteiger charge is 2.28. The van der Waals surface area contributed by atoms with Crippen LogP contribution in [0.5, 0.6) is 5.75 Å². The van der Waals surface area contributed by atoms with E-state index in [0.717, 1.165) is 32.1 Å². The van der Waals surface area contributed by atoms with Gasteiger partial charge in [-0.15, -0.1) is 0 Å². The topological polar surface area (TPSA) is 47.7 Å². The Balaban J connectivity index is 2.34. The van der Waals surface area contributed by atoms with Crippen LogP contribution in [0, 0.1) is 6.92 Å². The van der Waals surface area contributed by atoms with Crippen LogP contribution in [0.1, 0.15) is 24.1 Å². The first kappa shape index (κ1) is 14.3. The zero-order valence-corrected chi connectivity index (χ0v) is 12.1. The lowest BCUT2D eigenvalue weighted by Crippen LogP contribution is -2.45. The van der Waals surface area contributed by atoms with E-state index < -0.39 is 0 Å². The predicted molar refractivity (Wildman–Crippen MR) is 76.5 cm³/mol. The van der Waals surface area contributed by atoms with Gasteiger partial charge in [0.2, 0.25) is 0 Å². The summed E-state index contributed by atoms with van der Waals surface area (Å²) in [6, 6.07) is 6.51. The number of benzene rings is 1. The molecule has 0 radical (unpaired) electrons. The molecule has 2 rings (SSSR count). The third-order valence-corrected chi connectivity index (χ3v) is 3.64. The number of nitrogens with two attached hydrogens (primary N) is 1. The fourth-order valence-electron chi connectivity index (χ4n) is 2.75. The minimum atomic E-state index is 0.0498. The molecule has 2 N–H and O–H groups in total. The second-order valence-electron chi connectivity index (χ2n) is 5.20. The molecule has 0 bridgehead atoms. The molecule has 0 aromatic heterocycles. The van der Waals surface area contributed by atoms with Crippen LogP contribution in [0.25, 0.3) is 0 Å². The van der Waals surface area contributed by atoms with Gasteiger partial charge < -0.3 is 15.2 Å². The molecule has 1 aliphatic heterocycles. The quantitative estimate of drug-likeness (QED) is 0.899. The lowest BCUT2D eigenvalue weighted by Gasteiger charge is -2.37. The van der Waals surface area contributed by atoms with Crippen molar-refractivity contribution in [1.29, 1.82) is 0 Å². The number of ether oxygens (including phenoxy) is 2. The molecule has 106 valence electrons. The minimum Gasteiger partial charge on any atom is -0.496 e. The fraction of sp³-hybridized carbons (Fsp3) is 0.600. The summed E-state index contributed by atoms with van der Waals surface area (Å²) in [6.45, 7) is 7.55. The highest BCUT2D eigenvalue weighted by molar-refractivity contribution is 5.40. The molecule has 0 spiro atoms. The largest absolute Gasteiger partial charge is 0.496 e. The van der Waals surface area contributed by atoms with Crippen LogP contribution >= 0.6 is 0 Å². The molecule has 4 nitrogen and oxygen atoms in total. The van der Waals surface area contributed by atoms with Crippen LogP contribution in [-0.2, 0) is 4.74 Å². The van der Waals surface area contributed by atoms with E-state index in [0.29, 0.717) is 0 Å². The number of morpholine rings is 1. The summed E-state index contributed by atoms with van der Waals surface area (Å²) >= 11 is 0. The van der Waals surface area contributed by atoms with Gasteiger partial charge in [-0.3, -0.25) is 4.90 Å². The van der Waals surface area contributed by atoms with Gasteiger partial charge in [-0.2, -0.15) is 0 Å². The molecule has 1 fully saturated rings. The van der Waals surface area contributed by atoms with Crippen LogP contribution in [0.4, 0.5) is 0 Å². The van der Waals surface area contributed by atoms with E-state index in [1.165, 1.54) is 11.1 Å². The molecule has 2 atom stereocenters. The SMILES string of the molecule is COc1ccc(C)cc1C(C(C)N)N1CCOCC1. The summed E-state index contributed by atoms with van der Waals surface area (Å²) < 4.78 is 10.9. The van der Waals surface area contributed by atoms with E-state index in [-0.39, 0.29) is 12.1 Å². The second-order valence-corrected chi connectivity index (χ2v) is 5.20. The summed E-state index contributed by atoms with van der Waals surface area (Å²) in [5, 5.41) is 0. The Bertz CT molecular complexity index is 415.